The maximum Gasteiger partial charge on any atom is 0.317 e. The number of carbonyl (C=O) groups excluding carboxylic acids is 3. The number of ether oxygens (including phenoxy) is 2. The van der Waals surface area contributed by atoms with Crippen LogP contribution in [-0.4, -0.2) is 127 Å². The Labute approximate surface area is 477 Å². The first-order valence-corrected chi connectivity index (χ1v) is 37.8. The maximum atomic E-state index is 13.6. The standard InChI is InChI=1S/C63H127N3O9Si2/c1-15-18-21-24-27-28-31-36-46-60(70)72-49-41-37-45-57(75-77(13,14)63(7,8)9)52-66(48-39-38-47-64-58(67)53-65(10)54-59(68)69)51-56(74-76(11,12)62(4,5)6)44-35-32-40-50-73-61(71)55(42-33-29-25-22-19-16-2)43-34-30-26-23-20-17-3/h55-57H,15-54H2,1-14H3,(H,64,67)(H,68,69). The third kappa shape index (κ3) is 40.9. The number of unbranched alkanes of at least 4 members (excludes halogenated alkanes) is 21. The molecule has 456 valence electrons. The van der Waals surface area contributed by atoms with Crippen molar-refractivity contribution in [3.8, 4) is 0 Å². The number of likely N-dealkylation sites (N-methyl/N-ethyl adjacent to an activating group) is 1. The summed E-state index contributed by atoms with van der Waals surface area (Å²) in [5.41, 5.74) is 0. The zero-order chi connectivity index (χ0) is 58.0. The largest absolute Gasteiger partial charge is 0.480 e. The van der Waals surface area contributed by atoms with Crippen LogP contribution >= 0.6 is 0 Å². The van der Waals surface area contributed by atoms with Gasteiger partial charge in [-0.3, -0.25) is 29.0 Å². The van der Waals surface area contributed by atoms with Crippen molar-refractivity contribution < 1.29 is 42.6 Å². The smallest absolute Gasteiger partial charge is 0.317 e. The van der Waals surface area contributed by atoms with E-state index in [1.54, 1.807) is 7.05 Å². The molecule has 1 amide bonds. The molecule has 0 fully saturated rings. The summed E-state index contributed by atoms with van der Waals surface area (Å²) in [4.78, 5) is 54.1. The van der Waals surface area contributed by atoms with Crippen molar-refractivity contribution in [2.24, 2.45) is 5.92 Å². The van der Waals surface area contributed by atoms with E-state index in [0.29, 0.717) is 26.2 Å². The minimum atomic E-state index is -2.17. The SMILES string of the molecule is CCCCCCCCCCC(=O)OCCCCC(CN(CCCCNC(=O)CN(C)CC(=O)O)CC(CCCCCOC(=O)C(CCCCCCCC)CCCCCCCC)O[Si](C)(C)C(C)(C)C)O[Si](C)(C)C(C)(C)C. The van der Waals surface area contributed by atoms with Crippen LogP contribution < -0.4 is 5.32 Å². The highest BCUT2D eigenvalue weighted by atomic mass is 28.4. The van der Waals surface area contributed by atoms with E-state index in [1.165, 1.54) is 108 Å². The molecular formula is C63H127N3O9Si2. The number of rotatable bonds is 52. The van der Waals surface area contributed by atoms with Crippen molar-refractivity contribution in [3.63, 3.8) is 0 Å². The van der Waals surface area contributed by atoms with Crippen molar-refractivity contribution >= 4 is 40.4 Å². The molecule has 0 saturated carbocycles. The van der Waals surface area contributed by atoms with Crippen molar-refractivity contribution in [2.45, 2.75) is 316 Å². The summed E-state index contributed by atoms with van der Waals surface area (Å²) >= 11 is 0. The molecule has 0 heterocycles. The Morgan fingerprint density at radius 2 is 0.909 bits per heavy atom. The summed E-state index contributed by atoms with van der Waals surface area (Å²) in [6, 6.07) is 0. The fraction of sp³-hybridized carbons (Fsp3) is 0.937. The van der Waals surface area contributed by atoms with Gasteiger partial charge in [0.1, 0.15) is 0 Å². The van der Waals surface area contributed by atoms with Gasteiger partial charge in [0.05, 0.1) is 44.4 Å². The second kappa shape index (κ2) is 44.8. The maximum absolute atomic E-state index is 13.6. The third-order valence-corrected chi connectivity index (χ3v) is 25.5. The van der Waals surface area contributed by atoms with E-state index in [2.05, 4.69) is 98.7 Å². The van der Waals surface area contributed by atoms with Gasteiger partial charge in [-0.15, -0.1) is 0 Å². The monoisotopic (exact) mass is 1130 g/mol. The zero-order valence-electron chi connectivity index (χ0n) is 53.1. The van der Waals surface area contributed by atoms with E-state index in [4.69, 9.17) is 23.4 Å². The van der Waals surface area contributed by atoms with Crippen LogP contribution in [0, 0.1) is 5.92 Å². The average molecular weight is 1130 g/mol. The van der Waals surface area contributed by atoms with Crippen molar-refractivity contribution in [2.75, 3.05) is 59.5 Å². The van der Waals surface area contributed by atoms with Crippen LogP contribution in [0.25, 0.3) is 0 Å². The summed E-state index contributed by atoms with van der Waals surface area (Å²) in [5.74, 6) is -1.19. The molecule has 2 atom stereocenters. The second-order valence-corrected chi connectivity index (χ2v) is 35.7. The van der Waals surface area contributed by atoms with Gasteiger partial charge in [0, 0.05) is 26.1 Å². The Morgan fingerprint density at radius 3 is 1.38 bits per heavy atom. The number of carboxylic acid groups (broad SMARTS) is 1. The molecule has 0 aromatic carbocycles. The number of hydrogen-bond acceptors (Lipinski definition) is 10. The molecular weight excluding hydrogens is 999 g/mol. The summed E-state index contributed by atoms with van der Waals surface area (Å²) < 4.78 is 26.4. The van der Waals surface area contributed by atoms with Gasteiger partial charge in [-0.05, 0) is 120 Å². The Kier molecular flexibility index (Phi) is 43.7. The van der Waals surface area contributed by atoms with Gasteiger partial charge in [-0.1, -0.05) is 191 Å². The number of amides is 1. The van der Waals surface area contributed by atoms with Gasteiger partial charge < -0.3 is 28.7 Å². The summed E-state index contributed by atoms with van der Waals surface area (Å²) in [7, 11) is -2.71. The molecule has 0 radical (unpaired) electrons. The molecule has 0 rings (SSSR count). The van der Waals surface area contributed by atoms with Gasteiger partial charge in [0.15, 0.2) is 16.6 Å². The molecule has 0 aromatic rings. The number of carboxylic acids is 1. The van der Waals surface area contributed by atoms with Gasteiger partial charge in [0.2, 0.25) is 5.91 Å². The van der Waals surface area contributed by atoms with Crippen molar-refractivity contribution in [3.05, 3.63) is 0 Å². The lowest BCUT2D eigenvalue weighted by Crippen LogP contribution is -2.50. The fourth-order valence-corrected chi connectivity index (χ4v) is 12.2. The molecule has 14 heteroatoms. The fourth-order valence-electron chi connectivity index (χ4n) is 9.47. The molecule has 0 aromatic heterocycles. The lowest BCUT2D eigenvalue weighted by Gasteiger charge is -2.42. The molecule has 0 bridgehead atoms. The minimum absolute atomic E-state index is 0.0101. The van der Waals surface area contributed by atoms with Crippen LogP contribution in [0.1, 0.15) is 268 Å². The predicted octanol–water partition coefficient (Wildman–Crippen LogP) is 16.4. The van der Waals surface area contributed by atoms with Crippen LogP contribution in [0.15, 0.2) is 0 Å². The summed E-state index contributed by atoms with van der Waals surface area (Å²) in [6.45, 7) is 33.5. The van der Waals surface area contributed by atoms with E-state index in [9.17, 15) is 19.2 Å². The Balaban J connectivity index is 6.15. The van der Waals surface area contributed by atoms with Crippen LogP contribution in [0.4, 0.5) is 0 Å². The Hall–Kier alpha value is -1.85. The van der Waals surface area contributed by atoms with Crippen molar-refractivity contribution in [1.82, 2.24) is 15.1 Å². The van der Waals surface area contributed by atoms with Crippen LogP contribution in [0.3, 0.4) is 0 Å². The number of aliphatic carboxylic acids is 1. The normalized spacial score (nSPS) is 13.4. The summed E-state index contributed by atoms with van der Waals surface area (Å²) in [6.07, 6.45) is 34.7. The average Bonchev–Trinajstić information content (AvgIpc) is 3.33. The highest BCUT2D eigenvalue weighted by Crippen LogP contribution is 2.39. The number of carbonyl (C=O) groups is 4. The summed E-state index contributed by atoms with van der Waals surface area (Å²) in [5, 5.41) is 12.2. The molecule has 77 heavy (non-hydrogen) atoms. The van der Waals surface area contributed by atoms with Gasteiger partial charge in [-0.2, -0.15) is 0 Å². The number of esters is 2. The Bertz CT molecular complexity index is 1470. The molecule has 0 saturated heterocycles. The highest BCUT2D eigenvalue weighted by Gasteiger charge is 2.41. The quantitative estimate of drug-likeness (QED) is 0.0341. The molecule has 0 aliphatic heterocycles. The number of nitrogens with zero attached hydrogens (tertiary/aromatic N) is 2. The molecule has 2 unspecified atom stereocenters. The van der Waals surface area contributed by atoms with E-state index in [1.807, 2.05) is 0 Å². The van der Waals surface area contributed by atoms with Crippen LogP contribution in [0.5, 0.6) is 0 Å². The number of nitrogens with one attached hydrogen (secondary N) is 1. The van der Waals surface area contributed by atoms with E-state index < -0.39 is 22.6 Å². The topological polar surface area (TPSA) is 144 Å². The Morgan fingerprint density at radius 1 is 0.506 bits per heavy atom. The van der Waals surface area contributed by atoms with Crippen LogP contribution in [-0.2, 0) is 37.5 Å². The van der Waals surface area contributed by atoms with E-state index >= 15 is 0 Å². The van der Waals surface area contributed by atoms with E-state index in [-0.39, 0.29) is 59.1 Å². The molecule has 0 aliphatic rings. The third-order valence-electron chi connectivity index (χ3n) is 16.5. The van der Waals surface area contributed by atoms with Crippen molar-refractivity contribution in [1.29, 1.82) is 0 Å². The first-order chi connectivity index (χ1) is 36.4. The molecule has 12 nitrogen and oxygen atoms in total. The van der Waals surface area contributed by atoms with Gasteiger partial charge >= 0.3 is 17.9 Å². The zero-order valence-corrected chi connectivity index (χ0v) is 55.1. The number of hydrogen-bond donors (Lipinski definition) is 2. The molecule has 2 N–H and O–H groups in total. The van der Waals surface area contributed by atoms with Gasteiger partial charge in [-0.25, -0.2) is 0 Å². The first kappa shape index (κ1) is 75.2. The lowest BCUT2D eigenvalue weighted by molar-refractivity contribution is -0.149. The second-order valence-electron chi connectivity index (χ2n) is 26.2. The van der Waals surface area contributed by atoms with Crippen LogP contribution in [0.2, 0.25) is 36.3 Å². The predicted molar refractivity (Wildman–Crippen MR) is 329 cm³/mol. The lowest BCUT2D eigenvalue weighted by atomic mass is 9.94. The highest BCUT2D eigenvalue weighted by molar-refractivity contribution is 6.74. The minimum Gasteiger partial charge on any atom is -0.480 e. The molecule has 0 spiro atoms. The van der Waals surface area contributed by atoms with Gasteiger partial charge in [0.25, 0.3) is 0 Å². The first-order valence-electron chi connectivity index (χ1n) is 32.0. The van der Waals surface area contributed by atoms with E-state index in [0.717, 1.165) is 116 Å². The molecule has 0 aliphatic carbocycles.